The monoisotopic (exact) mass is 389 g/mol. The fourth-order valence-corrected chi connectivity index (χ4v) is 2.87. The maximum atomic E-state index is 3.63. The van der Waals surface area contributed by atoms with Crippen molar-refractivity contribution in [2.24, 2.45) is 11.8 Å². The van der Waals surface area contributed by atoms with Crippen LogP contribution in [0.5, 0.6) is 0 Å². The summed E-state index contributed by atoms with van der Waals surface area (Å²) in [7, 11) is 0. The number of hydrogen-bond donors (Lipinski definition) is 1. The van der Waals surface area contributed by atoms with Crippen LogP contribution in [0.15, 0.2) is 27.1 Å². The topological polar surface area (TPSA) is 12.0 Å². The Bertz CT molecular complexity index is 377. The Morgan fingerprint density at radius 2 is 1.84 bits per heavy atom. The van der Waals surface area contributed by atoms with Crippen molar-refractivity contribution in [2.75, 3.05) is 13.1 Å². The molecule has 0 saturated carbocycles. The molecule has 1 atom stereocenters. The second kappa shape index (κ2) is 9.15. The number of aryl methyl sites for hydroxylation is 1. The molecule has 0 radical (unpaired) electrons. The molecule has 3 heteroatoms. The van der Waals surface area contributed by atoms with Crippen LogP contribution >= 0.6 is 31.9 Å². The van der Waals surface area contributed by atoms with Crippen LogP contribution in [-0.2, 0) is 6.42 Å². The lowest BCUT2D eigenvalue weighted by Crippen LogP contribution is -2.22. The molecule has 0 saturated heterocycles. The molecule has 1 aromatic rings. The highest BCUT2D eigenvalue weighted by Crippen LogP contribution is 2.24. The molecule has 0 aliphatic heterocycles. The van der Waals surface area contributed by atoms with Gasteiger partial charge in [0.15, 0.2) is 0 Å². The average molecular weight is 391 g/mol. The first kappa shape index (κ1) is 17.2. The van der Waals surface area contributed by atoms with Gasteiger partial charge in [0.1, 0.15) is 0 Å². The Morgan fingerprint density at radius 1 is 1.11 bits per heavy atom. The quantitative estimate of drug-likeness (QED) is 0.584. The SMILES string of the molecule is CC(C)CNCCC(C)CCc1cc(Br)ccc1Br. The number of nitrogens with one attached hydrogen (secondary N) is 1. The molecule has 1 rings (SSSR count). The Kier molecular flexibility index (Phi) is 8.27. The van der Waals surface area contributed by atoms with Crippen molar-refractivity contribution in [2.45, 2.75) is 40.0 Å². The van der Waals surface area contributed by atoms with E-state index < -0.39 is 0 Å². The standard InChI is InChI=1S/C16H25Br2N/c1-12(2)11-19-9-8-13(3)4-5-14-10-15(17)6-7-16(14)18/h6-7,10,12-13,19H,4-5,8-9,11H2,1-3H3. The van der Waals surface area contributed by atoms with Gasteiger partial charge in [0.25, 0.3) is 0 Å². The lowest BCUT2D eigenvalue weighted by Gasteiger charge is -2.13. The zero-order valence-corrected chi connectivity index (χ0v) is 15.4. The molecule has 0 aromatic heterocycles. The molecule has 0 bridgehead atoms. The van der Waals surface area contributed by atoms with Gasteiger partial charge in [-0.25, -0.2) is 0 Å². The number of rotatable bonds is 8. The highest BCUT2D eigenvalue weighted by atomic mass is 79.9. The summed E-state index contributed by atoms with van der Waals surface area (Å²) in [6.45, 7) is 9.12. The van der Waals surface area contributed by atoms with Gasteiger partial charge in [-0.05, 0) is 68.0 Å². The van der Waals surface area contributed by atoms with E-state index in [0.717, 1.165) is 35.8 Å². The zero-order chi connectivity index (χ0) is 14.3. The van der Waals surface area contributed by atoms with Gasteiger partial charge in [-0.15, -0.1) is 0 Å². The van der Waals surface area contributed by atoms with E-state index in [1.807, 2.05) is 0 Å². The fourth-order valence-electron chi connectivity index (χ4n) is 2.02. The summed E-state index contributed by atoms with van der Waals surface area (Å²) in [4.78, 5) is 0. The number of benzene rings is 1. The summed E-state index contributed by atoms with van der Waals surface area (Å²) in [6, 6.07) is 6.41. The maximum Gasteiger partial charge on any atom is 0.0208 e. The summed E-state index contributed by atoms with van der Waals surface area (Å²) in [5, 5.41) is 3.52. The lowest BCUT2D eigenvalue weighted by atomic mass is 9.98. The van der Waals surface area contributed by atoms with Crippen LogP contribution in [0.4, 0.5) is 0 Å². The lowest BCUT2D eigenvalue weighted by molar-refractivity contribution is 0.454. The van der Waals surface area contributed by atoms with Gasteiger partial charge in [-0.2, -0.15) is 0 Å². The third-order valence-electron chi connectivity index (χ3n) is 3.28. The van der Waals surface area contributed by atoms with Crippen LogP contribution in [0.1, 0.15) is 39.2 Å². The van der Waals surface area contributed by atoms with Gasteiger partial charge >= 0.3 is 0 Å². The first-order valence-electron chi connectivity index (χ1n) is 7.13. The highest BCUT2D eigenvalue weighted by Gasteiger charge is 2.06. The normalized spacial score (nSPS) is 12.9. The van der Waals surface area contributed by atoms with Crippen molar-refractivity contribution in [3.63, 3.8) is 0 Å². The molecule has 0 aliphatic rings. The molecule has 1 nitrogen and oxygen atoms in total. The summed E-state index contributed by atoms with van der Waals surface area (Å²) in [5.74, 6) is 1.51. The minimum atomic E-state index is 0.743. The second-order valence-electron chi connectivity index (χ2n) is 5.77. The minimum absolute atomic E-state index is 0.743. The molecule has 1 N–H and O–H groups in total. The maximum absolute atomic E-state index is 3.63. The van der Waals surface area contributed by atoms with Crippen LogP contribution in [0.2, 0.25) is 0 Å². The van der Waals surface area contributed by atoms with Gasteiger partial charge in [0, 0.05) is 8.95 Å². The molecule has 0 fully saturated rings. The summed E-state index contributed by atoms with van der Waals surface area (Å²) >= 11 is 7.16. The molecule has 108 valence electrons. The van der Waals surface area contributed by atoms with Gasteiger partial charge < -0.3 is 5.32 Å². The van der Waals surface area contributed by atoms with E-state index in [9.17, 15) is 0 Å². The molecular weight excluding hydrogens is 366 g/mol. The third-order valence-corrected chi connectivity index (χ3v) is 4.55. The Morgan fingerprint density at radius 3 is 2.53 bits per heavy atom. The van der Waals surface area contributed by atoms with Crippen molar-refractivity contribution in [3.05, 3.63) is 32.7 Å². The van der Waals surface area contributed by atoms with Crippen LogP contribution in [-0.4, -0.2) is 13.1 Å². The molecule has 0 amide bonds. The average Bonchev–Trinajstić information content (AvgIpc) is 2.35. The van der Waals surface area contributed by atoms with E-state index in [1.54, 1.807) is 0 Å². The molecule has 0 aliphatic carbocycles. The van der Waals surface area contributed by atoms with E-state index >= 15 is 0 Å². The Labute approximate surface area is 134 Å². The Hall–Kier alpha value is 0.140. The van der Waals surface area contributed by atoms with Crippen LogP contribution < -0.4 is 5.32 Å². The smallest absolute Gasteiger partial charge is 0.0208 e. The van der Waals surface area contributed by atoms with Crippen molar-refractivity contribution < 1.29 is 0 Å². The summed E-state index contributed by atoms with van der Waals surface area (Å²) < 4.78 is 2.39. The van der Waals surface area contributed by atoms with E-state index in [4.69, 9.17) is 0 Å². The van der Waals surface area contributed by atoms with Crippen LogP contribution in [0.3, 0.4) is 0 Å². The number of halogens is 2. The van der Waals surface area contributed by atoms with Gasteiger partial charge in [0.05, 0.1) is 0 Å². The first-order valence-corrected chi connectivity index (χ1v) is 8.72. The van der Waals surface area contributed by atoms with Crippen molar-refractivity contribution in [3.8, 4) is 0 Å². The van der Waals surface area contributed by atoms with Crippen molar-refractivity contribution in [1.82, 2.24) is 5.32 Å². The van der Waals surface area contributed by atoms with E-state index in [2.05, 4.69) is 76.1 Å². The highest BCUT2D eigenvalue weighted by molar-refractivity contribution is 9.11. The van der Waals surface area contributed by atoms with E-state index in [-0.39, 0.29) is 0 Å². The Balaban J connectivity index is 2.26. The zero-order valence-electron chi connectivity index (χ0n) is 12.2. The minimum Gasteiger partial charge on any atom is -0.316 e. The first-order chi connectivity index (χ1) is 8.99. The van der Waals surface area contributed by atoms with E-state index in [1.165, 1.54) is 22.9 Å². The van der Waals surface area contributed by atoms with Gasteiger partial charge in [-0.3, -0.25) is 0 Å². The molecule has 19 heavy (non-hydrogen) atoms. The van der Waals surface area contributed by atoms with Gasteiger partial charge in [0.2, 0.25) is 0 Å². The second-order valence-corrected chi connectivity index (χ2v) is 7.54. The van der Waals surface area contributed by atoms with Crippen LogP contribution in [0, 0.1) is 11.8 Å². The molecular formula is C16H25Br2N. The molecule has 0 heterocycles. The third kappa shape index (κ3) is 7.48. The van der Waals surface area contributed by atoms with Gasteiger partial charge in [-0.1, -0.05) is 52.6 Å². The van der Waals surface area contributed by atoms with Crippen LogP contribution in [0.25, 0.3) is 0 Å². The summed E-state index contributed by atoms with van der Waals surface area (Å²) in [5.41, 5.74) is 1.40. The molecule has 1 unspecified atom stereocenters. The largest absolute Gasteiger partial charge is 0.316 e. The van der Waals surface area contributed by atoms with Crippen molar-refractivity contribution in [1.29, 1.82) is 0 Å². The fraction of sp³-hybridized carbons (Fsp3) is 0.625. The predicted molar refractivity (Wildman–Crippen MR) is 91.7 cm³/mol. The number of hydrogen-bond acceptors (Lipinski definition) is 1. The summed E-state index contributed by atoms with van der Waals surface area (Å²) in [6.07, 6.45) is 3.65. The van der Waals surface area contributed by atoms with E-state index in [0.29, 0.717) is 0 Å². The predicted octanol–water partition coefficient (Wildman–Crippen LogP) is 5.42. The van der Waals surface area contributed by atoms with Crippen molar-refractivity contribution >= 4 is 31.9 Å². The molecule has 1 aromatic carbocycles. The molecule has 0 spiro atoms.